The van der Waals surface area contributed by atoms with Crippen LogP contribution in [-0.4, -0.2) is 41.8 Å². The Hall–Kier alpha value is -2.86. The van der Waals surface area contributed by atoms with Crippen molar-refractivity contribution < 1.29 is 14.0 Å². The number of likely N-dealkylation sites (tertiary alicyclic amines) is 1. The van der Waals surface area contributed by atoms with Crippen LogP contribution in [0.1, 0.15) is 18.7 Å². The Balaban J connectivity index is 1.31. The number of piperidine rings is 1. The summed E-state index contributed by atoms with van der Waals surface area (Å²) in [4.78, 5) is 6.91. The van der Waals surface area contributed by atoms with Crippen LogP contribution in [0.25, 0.3) is 11.4 Å². The summed E-state index contributed by atoms with van der Waals surface area (Å²) < 4.78 is 16.7. The predicted molar refractivity (Wildman–Crippen MR) is 106 cm³/mol. The van der Waals surface area contributed by atoms with Crippen LogP contribution < -0.4 is 9.47 Å². The summed E-state index contributed by atoms with van der Waals surface area (Å²) in [5, 5.41) is 4.11. The van der Waals surface area contributed by atoms with Crippen molar-refractivity contribution in [2.24, 2.45) is 5.92 Å². The Morgan fingerprint density at radius 3 is 2.82 bits per heavy atom. The summed E-state index contributed by atoms with van der Waals surface area (Å²) in [6, 6.07) is 17.7. The van der Waals surface area contributed by atoms with Gasteiger partial charge < -0.3 is 14.0 Å². The van der Waals surface area contributed by atoms with Crippen molar-refractivity contribution in [2.45, 2.75) is 19.4 Å². The second-order valence-corrected chi connectivity index (χ2v) is 7.11. The fraction of sp³-hybridized carbons (Fsp3) is 0.364. The number of aromatic nitrogens is 2. The van der Waals surface area contributed by atoms with Crippen LogP contribution in [0.3, 0.4) is 0 Å². The van der Waals surface area contributed by atoms with E-state index in [1.807, 2.05) is 54.6 Å². The first-order chi connectivity index (χ1) is 13.8. The van der Waals surface area contributed by atoms with Gasteiger partial charge in [0.1, 0.15) is 11.5 Å². The lowest BCUT2D eigenvalue weighted by molar-refractivity contribution is 0.115. The maximum atomic E-state index is 5.99. The SMILES string of the molecule is COc1cccc(OC[C@@H]2CCCN(Cc3nc(-c4ccccc4)no3)C2)c1. The summed E-state index contributed by atoms with van der Waals surface area (Å²) in [6.07, 6.45) is 2.31. The number of benzene rings is 2. The molecule has 1 aliphatic heterocycles. The quantitative estimate of drug-likeness (QED) is 0.618. The highest BCUT2D eigenvalue weighted by Crippen LogP contribution is 2.23. The molecule has 6 nitrogen and oxygen atoms in total. The van der Waals surface area contributed by atoms with E-state index in [1.165, 1.54) is 6.42 Å². The number of nitrogens with zero attached hydrogens (tertiary/aromatic N) is 3. The third kappa shape index (κ3) is 4.70. The van der Waals surface area contributed by atoms with Crippen molar-refractivity contribution in [3.63, 3.8) is 0 Å². The fourth-order valence-corrected chi connectivity index (χ4v) is 3.55. The molecule has 0 unspecified atom stereocenters. The van der Waals surface area contributed by atoms with E-state index < -0.39 is 0 Å². The van der Waals surface area contributed by atoms with Crippen LogP contribution in [-0.2, 0) is 6.54 Å². The van der Waals surface area contributed by atoms with E-state index in [9.17, 15) is 0 Å². The van der Waals surface area contributed by atoms with Crippen LogP contribution in [0.5, 0.6) is 11.5 Å². The van der Waals surface area contributed by atoms with Crippen LogP contribution in [0.15, 0.2) is 59.1 Å². The number of methoxy groups -OCH3 is 1. The van der Waals surface area contributed by atoms with Gasteiger partial charge in [-0.2, -0.15) is 4.98 Å². The number of hydrogen-bond donors (Lipinski definition) is 0. The maximum absolute atomic E-state index is 5.99. The number of ether oxygens (including phenoxy) is 2. The maximum Gasteiger partial charge on any atom is 0.241 e. The van der Waals surface area contributed by atoms with Gasteiger partial charge in [-0.3, -0.25) is 4.90 Å². The summed E-state index contributed by atoms with van der Waals surface area (Å²) in [7, 11) is 1.67. The van der Waals surface area contributed by atoms with Gasteiger partial charge in [0, 0.05) is 24.1 Å². The Morgan fingerprint density at radius 1 is 1.11 bits per heavy atom. The van der Waals surface area contributed by atoms with Gasteiger partial charge >= 0.3 is 0 Å². The molecule has 0 radical (unpaired) electrons. The molecule has 1 atom stereocenters. The van der Waals surface area contributed by atoms with Crippen LogP contribution in [0.4, 0.5) is 0 Å². The predicted octanol–water partition coefficient (Wildman–Crippen LogP) is 4.04. The minimum absolute atomic E-state index is 0.483. The van der Waals surface area contributed by atoms with Crippen LogP contribution in [0, 0.1) is 5.92 Å². The fourth-order valence-electron chi connectivity index (χ4n) is 3.55. The molecular weight excluding hydrogens is 354 g/mol. The van der Waals surface area contributed by atoms with Gasteiger partial charge in [-0.25, -0.2) is 0 Å². The van der Waals surface area contributed by atoms with Crippen molar-refractivity contribution >= 4 is 0 Å². The molecule has 146 valence electrons. The Kier molecular flexibility index (Phi) is 5.87. The normalized spacial score (nSPS) is 17.4. The van der Waals surface area contributed by atoms with Gasteiger partial charge in [-0.05, 0) is 31.5 Å². The smallest absolute Gasteiger partial charge is 0.241 e. The molecule has 0 N–H and O–H groups in total. The van der Waals surface area contributed by atoms with Gasteiger partial charge in [0.2, 0.25) is 11.7 Å². The zero-order valence-corrected chi connectivity index (χ0v) is 16.1. The highest BCUT2D eigenvalue weighted by molar-refractivity contribution is 5.53. The van der Waals surface area contributed by atoms with E-state index in [4.69, 9.17) is 14.0 Å². The van der Waals surface area contributed by atoms with E-state index in [0.717, 1.165) is 36.6 Å². The zero-order chi connectivity index (χ0) is 19.2. The van der Waals surface area contributed by atoms with Crippen molar-refractivity contribution in [3.8, 4) is 22.9 Å². The van der Waals surface area contributed by atoms with Crippen molar-refractivity contribution in [1.82, 2.24) is 15.0 Å². The van der Waals surface area contributed by atoms with Crippen molar-refractivity contribution in [2.75, 3.05) is 26.8 Å². The molecule has 2 aromatic carbocycles. The molecule has 0 bridgehead atoms. The topological polar surface area (TPSA) is 60.6 Å². The summed E-state index contributed by atoms with van der Waals surface area (Å²) in [5.74, 6) is 3.45. The minimum Gasteiger partial charge on any atom is -0.497 e. The Bertz CT molecular complexity index is 881. The van der Waals surface area contributed by atoms with Gasteiger partial charge in [-0.15, -0.1) is 0 Å². The lowest BCUT2D eigenvalue weighted by Gasteiger charge is -2.31. The third-order valence-corrected chi connectivity index (χ3v) is 4.99. The molecule has 1 saturated heterocycles. The van der Waals surface area contributed by atoms with Gasteiger partial charge in [-0.1, -0.05) is 41.6 Å². The molecule has 6 heteroatoms. The van der Waals surface area contributed by atoms with Gasteiger partial charge in [0.05, 0.1) is 20.3 Å². The molecule has 3 aromatic rings. The van der Waals surface area contributed by atoms with Crippen LogP contribution >= 0.6 is 0 Å². The van der Waals surface area contributed by atoms with E-state index in [-0.39, 0.29) is 0 Å². The number of hydrogen-bond acceptors (Lipinski definition) is 6. The standard InChI is InChI=1S/C22H25N3O3/c1-26-19-10-5-11-20(13-19)27-16-17-7-6-12-25(14-17)15-21-23-22(24-28-21)18-8-3-2-4-9-18/h2-5,8-11,13,17H,6-7,12,14-16H2,1H3/t17-/m1/s1. The molecule has 0 saturated carbocycles. The van der Waals surface area contributed by atoms with Crippen molar-refractivity contribution in [3.05, 3.63) is 60.5 Å². The minimum atomic E-state index is 0.483. The average Bonchev–Trinajstić information content (AvgIpc) is 3.22. The number of rotatable bonds is 7. The second-order valence-electron chi connectivity index (χ2n) is 7.11. The van der Waals surface area contributed by atoms with E-state index >= 15 is 0 Å². The second kappa shape index (κ2) is 8.89. The highest BCUT2D eigenvalue weighted by Gasteiger charge is 2.22. The monoisotopic (exact) mass is 379 g/mol. The molecule has 4 rings (SSSR count). The average molecular weight is 379 g/mol. The Labute approximate surface area is 165 Å². The molecule has 2 heterocycles. The third-order valence-electron chi connectivity index (χ3n) is 4.99. The van der Waals surface area contributed by atoms with Crippen LogP contribution in [0.2, 0.25) is 0 Å². The first-order valence-electron chi connectivity index (χ1n) is 9.67. The Morgan fingerprint density at radius 2 is 1.96 bits per heavy atom. The largest absolute Gasteiger partial charge is 0.497 e. The summed E-state index contributed by atoms with van der Waals surface area (Å²) in [6.45, 7) is 3.38. The molecule has 0 amide bonds. The van der Waals surface area contributed by atoms with E-state index in [2.05, 4.69) is 15.0 Å². The van der Waals surface area contributed by atoms with E-state index in [1.54, 1.807) is 7.11 Å². The first-order valence-corrected chi connectivity index (χ1v) is 9.67. The highest BCUT2D eigenvalue weighted by atomic mass is 16.5. The lowest BCUT2D eigenvalue weighted by Crippen LogP contribution is -2.37. The van der Waals surface area contributed by atoms with Gasteiger partial charge in [0.15, 0.2) is 0 Å². The van der Waals surface area contributed by atoms with Gasteiger partial charge in [0.25, 0.3) is 0 Å². The molecular formula is C22H25N3O3. The zero-order valence-electron chi connectivity index (χ0n) is 16.1. The van der Waals surface area contributed by atoms with Crippen molar-refractivity contribution in [1.29, 1.82) is 0 Å². The molecule has 1 aliphatic rings. The molecule has 1 fully saturated rings. The van der Waals surface area contributed by atoms with E-state index in [0.29, 0.717) is 30.8 Å². The molecule has 0 spiro atoms. The summed E-state index contributed by atoms with van der Waals surface area (Å²) in [5.41, 5.74) is 0.973. The lowest BCUT2D eigenvalue weighted by atomic mass is 9.99. The first kappa shape index (κ1) is 18.5. The molecule has 0 aliphatic carbocycles. The summed E-state index contributed by atoms with van der Waals surface area (Å²) >= 11 is 0. The molecule has 28 heavy (non-hydrogen) atoms. The molecule has 1 aromatic heterocycles.